The fourth-order valence-electron chi connectivity index (χ4n) is 5.47. The third-order valence-corrected chi connectivity index (χ3v) is 7.79. The zero-order valence-electron chi connectivity index (χ0n) is 20.4. The van der Waals surface area contributed by atoms with E-state index < -0.39 is 10.0 Å². The molecule has 4 aliphatic rings. The van der Waals surface area contributed by atoms with Crippen LogP contribution in [0.1, 0.15) is 26.2 Å². The van der Waals surface area contributed by atoms with Gasteiger partial charge in [0.05, 0.1) is 37.8 Å². The van der Waals surface area contributed by atoms with Crippen LogP contribution in [0.15, 0.2) is 46.5 Å². The number of hydrogen-bond acceptors (Lipinski definition) is 7. The number of carbonyl (C=O) groups is 1. The molecule has 188 valence electrons. The van der Waals surface area contributed by atoms with Crippen LogP contribution in [0.2, 0.25) is 0 Å². The average molecular weight is 493 g/mol. The van der Waals surface area contributed by atoms with E-state index in [2.05, 4.69) is 39.3 Å². The van der Waals surface area contributed by atoms with Crippen molar-refractivity contribution in [2.45, 2.75) is 38.3 Å². The Morgan fingerprint density at radius 2 is 2.06 bits per heavy atom. The highest BCUT2D eigenvalue weighted by Gasteiger charge is 2.40. The molecule has 3 unspecified atom stereocenters. The van der Waals surface area contributed by atoms with Crippen molar-refractivity contribution < 1.29 is 22.7 Å². The summed E-state index contributed by atoms with van der Waals surface area (Å²) >= 11 is 0. The minimum atomic E-state index is -3.19. The Labute approximate surface area is 202 Å². The Hall–Kier alpha value is -2.30. The predicted molar refractivity (Wildman–Crippen MR) is 130 cm³/mol. The molecule has 10 heteroatoms. The first-order valence-electron chi connectivity index (χ1n) is 11.8. The van der Waals surface area contributed by atoms with E-state index in [9.17, 15) is 13.2 Å². The van der Waals surface area contributed by atoms with E-state index in [1.807, 2.05) is 6.20 Å². The lowest BCUT2D eigenvalue weighted by Crippen LogP contribution is -2.48. The first-order chi connectivity index (χ1) is 16.2. The molecule has 0 aromatic carbocycles. The number of hydrogen-bond donors (Lipinski definition) is 3. The number of rotatable bonds is 8. The lowest BCUT2D eigenvalue weighted by molar-refractivity contribution is -0.119. The second kappa shape index (κ2) is 10.1. The van der Waals surface area contributed by atoms with Gasteiger partial charge in [0.15, 0.2) is 0 Å². The zero-order valence-corrected chi connectivity index (χ0v) is 21.2. The molecule has 1 amide bonds. The van der Waals surface area contributed by atoms with E-state index in [1.165, 1.54) is 6.26 Å². The molecule has 1 fully saturated rings. The maximum Gasteiger partial charge on any atom is 0.247 e. The first kappa shape index (κ1) is 24.8. The Balaban J connectivity index is 1.52. The van der Waals surface area contributed by atoms with Gasteiger partial charge in [0, 0.05) is 50.0 Å². The molecule has 0 spiro atoms. The number of allylic oxidation sites excluding steroid dienone is 2. The fourth-order valence-corrected chi connectivity index (χ4v) is 6.01. The van der Waals surface area contributed by atoms with Gasteiger partial charge in [0.2, 0.25) is 15.9 Å². The minimum Gasteiger partial charge on any atom is -0.496 e. The Morgan fingerprint density at radius 1 is 1.26 bits per heavy atom. The van der Waals surface area contributed by atoms with Crippen molar-refractivity contribution in [3.8, 4) is 0 Å². The predicted octanol–water partition coefficient (Wildman–Crippen LogP) is 0.999. The lowest BCUT2D eigenvalue weighted by atomic mass is 9.74. The van der Waals surface area contributed by atoms with Crippen LogP contribution in [-0.2, 0) is 24.3 Å². The largest absolute Gasteiger partial charge is 0.496 e. The normalized spacial score (nSPS) is 29.6. The number of ether oxygens (including phenoxy) is 2. The maximum absolute atomic E-state index is 13.0. The SMILES string of the molecule is COCC1CC=C(C2CC(C)=C(OC)C3=CC(N4CC[C@H](CNS(C)(=O)=O)C4)=CNC32)C(=O)N1. The Kier molecular flexibility index (Phi) is 7.39. The molecule has 1 aliphatic carbocycles. The van der Waals surface area contributed by atoms with E-state index in [4.69, 9.17) is 9.47 Å². The smallest absolute Gasteiger partial charge is 0.247 e. The topological polar surface area (TPSA) is 109 Å². The molecular weight excluding hydrogens is 456 g/mol. The number of dihydropyridines is 1. The second-order valence-electron chi connectivity index (χ2n) is 9.68. The van der Waals surface area contributed by atoms with Crippen LogP contribution in [0.5, 0.6) is 0 Å². The molecule has 4 rings (SSSR count). The fraction of sp³-hybridized carbons (Fsp3) is 0.625. The first-order valence-corrected chi connectivity index (χ1v) is 13.7. The highest BCUT2D eigenvalue weighted by molar-refractivity contribution is 7.88. The molecule has 1 saturated heterocycles. The van der Waals surface area contributed by atoms with Crippen LogP contribution < -0.4 is 15.4 Å². The van der Waals surface area contributed by atoms with Crippen molar-refractivity contribution in [3.63, 3.8) is 0 Å². The number of nitrogens with one attached hydrogen (secondary N) is 3. The molecule has 9 nitrogen and oxygen atoms in total. The van der Waals surface area contributed by atoms with E-state index in [1.54, 1.807) is 14.2 Å². The molecule has 3 aliphatic heterocycles. The minimum absolute atomic E-state index is 0.0109. The molecule has 0 radical (unpaired) electrons. The third kappa shape index (κ3) is 5.34. The maximum atomic E-state index is 13.0. The number of likely N-dealkylation sites (tertiary alicyclic amines) is 1. The summed E-state index contributed by atoms with van der Waals surface area (Å²) in [4.78, 5) is 15.2. The monoisotopic (exact) mass is 492 g/mol. The highest BCUT2D eigenvalue weighted by atomic mass is 32.2. The van der Waals surface area contributed by atoms with Crippen molar-refractivity contribution >= 4 is 15.9 Å². The third-order valence-electron chi connectivity index (χ3n) is 7.10. The van der Waals surface area contributed by atoms with Crippen molar-refractivity contribution in [1.29, 1.82) is 0 Å². The van der Waals surface area contributed by atoms with Crippen LogP contribution in [0.4, 0.5) is 0 Å². The van der Waals surface area contributed by atoms with Crippen molar-refractivity contribution in [2.24, 2.45) is 11.8 Å². The molecule has 0 aromatic heterocycles. The zero-order chi connectivity index (χ0) is 24.5. The quantitative estimate of drug-likeness (QED) is 0.464. The van der Waals surface area contributed by atoms with E-state index in [0.29, 0.717) is 13.2 Å². The van der Waals surface area contributed by atoms with Crippen LogP contribution in [0.3, 0.4) is 0 Å². The van der Waals surface area contributed by atoms with Gasteiger partial charge in [-0.15, -0.1) is 0 Å². The van der Waals surface area contributed by atoms with Gasteiger partial charge in [0.25, 0.3) is 0 Å². The molecule has 0 bridgehead atoms. The van der Waals surface area contributed by atoms with Crippen LogP contribution in [0, 0.1) is 11.8 Å². The average Bonchev–Trinajstić information content (AvgIpc) is 3.26. The summed E-state index contributed by atoms with van der Waals surface area (Å²) in [5.74, 6) is 1.13. The van der Waals surface area contributed by atoms with E-state index in [0.717, 1.165) is 60.5 Å². The Morgan fingerprint density at radius 3 is 2.74 bits per heavy atom. The van der Waals surface area contributed by atoms with Gasteiger partial charge in [-0.05, 0) is 43.8 Å². The van der Waals surface area contributed by atoms with E-state index in [-0.39, 0.29) is 29.8 Å². The molecule has 3 N–H and O–H groups in total. The van der Waals surface area contributed by atoms with Gasteiger partial charge in [-0.25, -0.2) is 13.1 Å². The van der Waals surface area contributed by atoms with Gasteiger partial charge in [0.1, 0.15) is 5.76 Å². The molecule has 34 heavy (non-hydrogen) atoms. The standard InChI is InChI=1S/C24H36N4O5S/c1-15-9-20(19-6-5-17(14-32-2)27-24(19)29)22-21(23(15)33-3)10-18(12-25-22)28-8-7-16(13-28)11-26-34(4,30)31/h6,10,12,16-17,20,22,25-26H,5,7-9,11,13-14H2,1-4H3,(H,27,29)/t16-,17?,20?,22?/m1/s1. The number of nitrogens with zero attached hydrogens (tertiary/aromatic N) is 1. The van der Waals surface area contributed by atoms with Crippen LogP contribution in [-0.4, -0.2) is 78.0 Å². The lowest BCUT2D eigenvalue weighted by Gasteiger charge is -2.40. The summed E-state index contributed by atoms with van der Waals surface area (Å²) < 4.78 is 36.5. The molecule has 3 heterocycles. The summed E-state index contributed by atoms with van der Waals surface area (Å²) in [6.45, 7) is 4.67. The summed E-state index contributed by atoms with van der Waals surface area (Å²) in [5.41, 5.74) is 4.05. The van der Waals surface area contributed by atoms with Crippen LogP contribution >= 0.6 is 0 Å². The number of carbonyl (C=O) groups excluding carboxylic acids is 1. The summed E-state index contributed by atoms with van der Waals surface area (Å²) in [6.07, 6.45) is 9.88. The molecule has 4 atom stereocenters. The molecular formula is C24H36N4O5S. The van der Waals surface area contributed by atoms with Gasteiger partial charge in [-0.1, -0.05) is 6.08 Å². The van der Waals surface area contributed by atoms with E-state index >= 15 is 0 Å². The number of methoxy groups -OCH3 is 2. The van der Waals surface area contributed by atoms with Gasteiger partial charge in [-0.2, -0.15) is 0 Å². The summed E-state index contributed by atoms with van der Waals surface area (Å²) in [7, 11) is 0.148. The van der Waals surface area contributed by atoms with Crippen molar-refractivity contribution in [1.82, 2.24) is 20.3 Å². The highest BCUT2D eigenvalue weighted by Crippen LogP contribution is 2.41. The van der Waals surface area contributed by atoms with Gasteiger partial charge in [-0.3, -0.25) is 4.79 Å². The molecule has 0 aromatic rings. The second-order valence-corrected chi connectivity index (χ2v) is 11.5. The summed E-state index contributed by atoms with van der Waals surface area (Å²) in [6, 6.07) is -0.0409. The number of amides is 1. The molecule has 0 saturated carbocycles. The number of fused-ring (bicyclic) bond motifs is 1. The number of sulfonamides is 1. The summed E-state index contributed by atoms with van der Waals surface area (Å²) in [5, 5.41) is 6.65. The van der Waals surface area contributed by atoms with Crippen molar-refractivity contribution in [2.75, 3.05) is 46.7 Å². The van der Waals surface area contributed by atoms with Crippen molar-refractivity contribution in [3.05, 3.63) is 46.5 Å². The van der Waals surface area contributed by atoms with Gasteiger partial charge >= 0.3 is 0 Å². The van der Waals surface area contributed by atoms with Gasteiger partial charge < -0.3 is 25.0 Å². The Bertz CT molecular complexity index is 1050. The van der Waals surface area contributed by atoms with Crippen LogP contribution in [0.25, 0.3) is 0 Å².